The van der Waals surface area contributed by atoms with Gasteiger partial charge in [-0.3, -0.25) is 9.59 Å². The molecule has 146 valence electrons. The smallest absolute Gasteiger partial charge is 0.302 e. The van der Waals surface area contributed by atoms with Gasteiger partial charge in [0, 0.05) is 25.7 Å². The Balaban J connectivity index is 1.56. The molecule has 4 saturated carbocycles. The van der Waals surface area contributed by atoms with Gasteiger partial charge in [0.15, 0.2) is 0 Å². The second kappa shape index (κ2) is 6.34. The molecule has 26 heavy (non-hydrogen) atoms. The first-order valence-corrected chi connectivity index (χ1v) is 10.9. The number of esters is 1. The van der Waals surface area contributed by atoms with Crippen LogP contribution in [0.4, 0.5) is 0 Å². The minimum absolute atomic E-state index is 0.0401. The van der Waals surface area contributed by atoms with Crippen molar-refractivity contribution in [3.05, 3.63) is 0 Å². The van der Waals surface area contributed by atoms with Crippen molar-refractivity contribution in [1.29, 1.82) is 0 Å². The van der Waals surface area contributed by atoms with E-state index >= 15 is 0 Å². The largest absolute Gasteiger partial charge is 0.463 e. The number of hydrogen-bond donors (Lipinski definition) is 0. The quantitative estimate of drug-likeness (QED) is 0.638. The van der Waals surface area contributed by atoms with Gasteiger partial charge in [-0.15, -0.1) is 0 Å². The molecule has 4 fully saturated rings. The molecule has 0 spiro atoms. The Bertz CT molecular complexity index is 598. The van der Waals surface area contributed by atoms with Crippen LogP contribution >= 0.6 is 0 Å². The van der Waals surface area contributed by atoms with E-state index in [0.717, 1.165) is 37.0 Å². The first kappa shape index (κ1) is 18.5. The summed E-state index contributed by atoms with van der Waals surface area (Å²) in [5.41, 5.74) is 0.710. The molecule has 0 bridgehead atoms. The van der Waals surface area contributed by atoms with Gasteiger partial charge in [0.25, 0.3) is 0 Å². The van der Waals surface area contributed by atoms with Crippen molar-refractivity contribution >= 4 is 11.8 Å². The highest BCUT2D eigenvalue weighted by Crippen LogP contribution is 2.67. The van der Waals surface area contributed by atoms with E-state index in [1.807, 2.05) is 0 Å². The van der Waals surface area contributed by atoms with Crippen LogP contribution in [0.15, 0.2) is 0 Å². The fourth-order valence-corrected chi connectivity index (χ4v) is 8.20. The predicted octanol–water partition coefficient (Wildman–Crippen LogP) is 5.17. The molecule has 8 unspecified atom stereocenters. The fourth-order valence-electron chi connectivity index (χ4n) is 8.20. The molecule has 0 N–H and O–H groups in total. The molecular formula is C23H36O3. The van der Waals surface area contributed by atoms with E-state index in [1.165, 1.54) is 45.4 Å². The Kier molecular flexibility index (Phi) is 4.51. The first-order valence-electron chi connectivity index (χ1n) is 10.9. The number of Topliss-reactive ketones (excluding diaryl/α,β-unsaturated/α-hetero) is 1. The SMILES string of the molecule is CC(=O)OC(C)C1CCC2C3CCC4CC(=O)CCC4(C)C3CCC12C. The zero-order valence-electron chi connectivity index (χ0n) is 17.1. The second-order valence-electron chi connectivity index (χ2n) is 10.4. The highest BCUT2D eigenvalue weighted by atomic mass is 16.5. The zero-order valence-corrected chi connectivity index (χ0v) is 17.1. The average molecular weight is 361 g/mol. The van der Waals surface area contributed by atoms with Crippen molar-refractivity contribution in [2.45, 2.75) is 91.6 Å². The number of ether oxygens (including phenoxy) is 1. The number of hydrogen-bond acceptors (Lipinski definition) is 3. The second-order valence-corrected chi connectivity index (χ2v) is 10.4. The summed E-state index contributed by atoms with van der Waals surface area (Å²) < 4.78 is 5.63. The summed E-state index contributed by atoms with van der Waals surface area (Å²) in [5.74, 6) is 3.90. The molecule has 0 radical (unpaired) electrons. The Morgan fingerprint density at radius 1 is 1.04 bits per heavy atom. The third kappa shape index (κ3) is 2.67. The van der Waals surface area contributed by atoms with Crippen molar-refractivity contribution < 1.29 is 14.3 Å². The summed E-state index contributed by atoms with van der Waals surface area (Å²) in [5, 5.41) is 0. The van der Waals surface area contributed by atoms with Gasteiger partial charge in [-0.1, -0.05) is 13.8 Å². The Morgan fingerprint density at radius 2 is 1.77 bits per heavy atom. The van der Waals surface area contributed by atoms with Crippen LogP contribution in [-0.4, -0.2) is 17.9 Å². The average Bonchev–Trinajstić information content (AvgIpc) is 2.92. The third-order valence-electron chi connectivity index (χ3n) is 9.47. The summed E-state index contributed by atoms with van der Waals surface area (Å²) in [7, 11) is 0. The van der Waals surface area contributed by atoms with E-state index in [-0.39, 0.29) is 12.1 Å². The van der Waals surface area contributed by atoms with E-state index in [4.69, 9.17) is 4.74 Å². The Labute approximate surface area is 158 Å². The molecule has 0 amide bonds. The maximum atomic E-state index is 12.0. The van der Waals surface area contributed by atoms with E-state index in [9.17, 15) is 9.59 Å². The highest BCUT2D eigenvalue weighted by molar-refractivity contribution is 5.79. The van der Waals surface area contributed by atoms with Crippen LogP contribution in [-0.2, 0) is 14.3 Å². The molecule has 3 heteroatoms. The first-order chi connectivity index (χ1) is 12.3. The van der Waals surface area contributed by atoms with E-state index in [0.29, 0.717) is 28.4 Å². The lowest BCUT2D eigenvalue weighted by Crippen LogP contribution is -2.54. The molecule has 0 saturated heterocycles. The number of fused-ring (bicyclic) bond motifs is 5. The van der Waals surface area contributed by atoms with Gasteiger partial charge in [0.2, 0.25) is 0 Å². The zero-order chi connectivity index (χ0) is 18.7. The van der Waals surface area contributed by atoms with Crippen molar-refractivity contribution in [2.75, 3.05) is 0 Å². The standard InChI is InChI=1S/C23H36O3/c1-14(26-15(2)24)19-7-8-20-18-6-5-16-13-17(25)9-11-22(16,3)21(18)10-12-23(19,20)4/h14,16,18-21H,5-13H2,1-4H3. The van der Waals surface area contributed by atoms with Crippen LogP contribution in [0.25, 0.3) is 0 Å². The maximum absolute atomic E-state index is 12.0. The molecule has 0 aromatic rings. The summed E-state index contributed by atoms with van der Waals surface area (Å²) in [6.45, 7) is 8.65. The summed E-state index contributed by atoms with van der Waals surface area (Å²) in [6.07, 6.45) is 10.5. The van der Waals surface area contributed by atoms with E-state index in [2.05, 4.69) is 20.8 Å². The van der Waals surface area contributed by atoms with Gasteiger partial charge >= 0.3 is 5.97 Å². The topological polar surface area (TPSA) is 43.4 Å². The molecule has 8 atom stereocenters. The third-order valence-corrected chi connectivity index (χ3v) is 9.47. The van der Waals surface area contributed by atoms with Crippen molar-refractivity contribution in [3.8, 4) is 0 Å². The van der Waals surface area contributed by atoms with Crippen LogP contribution < -0.4 is 0 Å². The monoisotopic (exact) mass is 360 g/mol. The maximum Gasteiger partial charge on any atom is 0.302 e. The number of carbonyl (C=O) groups excluding carboxylic acids is 2. The van der Waals surface area contributed by atoms with Gasteiger partial charge < -0.3 is 4.74 Å². The highest BCUT2D eigenvalue weighted by Gasteiger charge is 2.61. The summed E-state index contributed by atoms with van der Waals surface area (Å²) >= 11 is 0. The normalized spacial score (nSPS) is 48.9. The van der Waals surface area contributed by atoms with Crippen LogP contribution in [0, 0.1) is 40.4 Å². The van der Waals surface area contributed by atoms with Gasteiger partial charge in [0.1, 0.15) is 11.9 Å². The van der Waals surface area contributed by atoms with Crippen LogP contribution in [0.5, 0.6) is 0 Å². The minimum Gasteiger partial charge on any atom is -0.463 e. The lowest BCUT2D eigenvalue weighted by atomic mass is 9.44. The van der Waals surface area contributed by atoms with Crippen LogP contribution in [0.1, 0.15) is 85.5 Å². The molecule has 0 heterocycles. The molecule has 4 aliphatic rings. The molecule has 0 aliphatic heterocycles. The van der Waals surface area contributed by atoms with E-state index in [1.54, 1.807) is 0 Å². The van der Waals surface area contributed by atoms with Crippen LogP contribution in [0.3, 0.4) is 0 Å². The summed E-state index contributed by atoms with van der Waals surface area (Å²) in [6, 6.07) is 0. The predicted molar refractivity (Wildman–Crippen MR) is 101 cm³/mol. The summed E-state index contributed by atoms with van der Waals surface area (Å²) in [4.78, 5) is 23.5. The van der Waals surface area contributed by atoms with Gasteiger partial charge in [-0.25, -0.2) is 0 Å². The molecule has 0 aromatic heterocycles. The van der Waals surface area contributed by atoms with Gasteiger partial charge in [-0.05, 0) is 86.4 Å². The van der Waals surface area contributed by atoms with E-state index < -0.39 is 0 Å². The molecule has 0 aromatic carbocycles. The fraction of sp³-hybridized carbons (Fsp3) is 0.913. The molecular weight excluding hydrogens is 324 g/mol. The molecule has 4 aliphatic carbocycles. The lowest BCUT2D eigenvalue weighted by molar-refractivity contribution is -0.156. The minimum atomic E-state index is -0.141. The molecule has 4 rings (SSSR count). The Hall–Kier alpha value is -0.860. The van der Waals surface area contributed by atoms with Crippen LogP contribution in [0.2, 0.25) is 0 Å². The molecule has 3 nitrogen and oxygen atoms in total. The number of carbonyl (C=O) groups is 2. The van der Waals surface area contributed by atoms with Gasteiger partial charge in [-0.2, -0.15) is 0 Å². The lowest BCUT2D eigenvalue weighted by Gasteiger charge is -2.60. The van der Waals surface area contributed by atoms with Gasteiger partial charge in [0.05, 0.1) is 0 Å². The van der Waals surface area contributed by atoms with Crippen molar-refractivity contribution in [1.82, 2.24) is 0 Å². The van der Waals surface area contributed by atoms with Crippen molar-refractivity contribution in [3.63, 3.8) is 0 Å². The number of ketones is 1. The Morgan fingerprint density at radius 3 is 2.50 bits per heavy atom. The van der Waals surface area contributed by atoms with Crippen molar-refractivity contribution in [2.24, 2.45) is 40.4 Å². The number of rotatable bonds is 2.